The molecule has 2 aromatic rings. The molecule has 0 N–H and O–H groups in total. The Balaban J connectivity index is 1.87. The first kappa shape index (κ1) is 14.7. The van der Waals surface area contributed by atoms with Gasteiger partial charge in [-0.15, -0.1) is 0 Å². The van der Waals surface area contributed by atoms with Crippen LogP contribution in [-0.4, -0.2) is 17.8 Å². The van der Waals surface area contributed by atoms with Crippen molar-refractivity contribution in [2.45, 2.75) is 0 Å². The minimum absolute atomic E-state index is 0.0298. The number of hydrogen-bond donors (Lipinski definition) is 0. The van der Waals surface area contributed by atoms with Crippen LogP contribution in [0.5, 0.6) is 0 Å². The van der Waals surface area contributed by atoms with Gasteiger partial charge in [-0.2, -0.15) is 0 Å². The minimum atomic E-state index is -0.485. The molecule has 0 radical (unpaired) electrons. The Morgan fingerprint density at radius 3 is 2.48 bits per heavy atom. The highest BCUT2D eigenvalue weighted by molar-refractivity contribution is 6.06. The van der Waals surface area contributed by atoms with Gasteiger partial charge in [0.1, 0.15) is 0 Å². The van der Waals surface area contributed by atoms with Crippen molar-refractivity contribution in [1.29, 1.82) is 0 Å². The fraction of sp³-hybridized carbons (Fsp3) is 0.0556. The molecular weight excluding hydrogens is 292 g/mol. The van der Waals surface area contributed by atoms with Gasteiger partial charge in [0.15, 0.2) is 5.78 Å². The molecule has 2 aromatic carbocycles. The molecule has 0 saturated carbocycles. The van der Waals surface area contributed by atoms with E-state index in [1.54, 1.807) is 0 Å². The number of para-hydroxylation sites is 1. The predicted molar refractivity (Wildman–Crippen MR) is 89.4 cm³/mol. The Kier molecular flexibility index (Phi) is 3.76. The summed E-state index contributed by atoms with van der Waals surface area (Å²) in [6.07, 6.45) is 5.38. The fourth-order valence-corrected chi connectivity index (χ4v) is 2.47. The third kappa shape index (κ3) is 2.89. The maximum atomic E-state index is 12.3. The smallest absolute Gasteiger partial charge is 0.269 e. The van der Waals surface area contributed by atoms with E-state index in [-0.39, 0.29) is 11.5 Å². The number of rotatable bonds is 3. The van der Waals surface area contributed by atoms with E-state index in [1.165, 1.54) is 30.3 Å². The molecule has 1 aliphatic heterocycles. The Morgan fingerprint density at radius 2 is 1.78 bits per heavy atom. The lowest BCUT2D eigenvalue weighted by Crippen LogP contribution is -2.19. The van der Waals surface area contributed by atoms with Gasteiger partial charge in [0.25, 0.3) is 5.69 Å². The van der Waals surface area contributed by atoms with E-state index in [4.69, 9.17) is 0 Å². The number of benzene rings is 2. The molecule has 0 aliphatic carbocycles. The van der Waals surface area contributed by atoms with Crippen molar-refractivity contribution in [1.82, 2.24) is 0 Å². The summed E-state index contributed by atoms with van der Waals surface area (Å²) in [6.45, 7) is 0. The summed E-state index contributed by atoms with van der Waals surface area (Å²) in [7, 11) is 1.90. The first-order chi connectivity index (χ1) is 11.1. The zero-order valence-corrected chi connectivity index (χ0v) is 12.5. The predicted octanol–water partition coefficient (Wildman–Crippen LogP) is 3.82. The van der Waals surface area contributed by atoms with Crippen LogP contribution in [0.15, 0.2) is 66.4 Å². The number of allylic oxidation sites excluding steroid dienone is 2. The van der Waals surface area contributed by atoms with Gasteiger partial charge < -0.3 is 4.90 Å². The maximum absolute atomic E-state index is 12.3. The summed E-state index contributed by atoms with van der Waals surface area (Å²) in [6, 6.07) is 13.5. The average molecular weight is 306 g/mol. The van der Waals surface area contributed by atoms with Gasteiger partial charge in [-0.1, -0.05) is 24.3 Å². The quantitative estimate of drug-likeness (QED) is 0.374. The first-order valence-corrected chi connectivity index (χ1v) is 7.07. The van der Waals surface area contributed by atoms with Crippen molar-refractivity contribution in [2.75, 3.05) is 11.9 Å². The number of carbonyl (C=O) groups is 1. The van der Waals surface area contributed by atoms with Crippen LogP contribution in [0, 0.1) is 10.1 Å². The highest BCUT2D eigenvalue weighted by Crippen LogP contribution is 2.29. The summed E-state index contributed by atoms with van der Waals surface area (Å²) in [5.74, 6) is -0.189. The zero-order valence-electron chi connectivity index (χ0n) is 12.5. The molecule has 0 aromatic heterocycles. The summed E-state index contributed by atoms with van der Waals surface area (Å²) < 4.78 is 0. The van der Waals surface area contributed by atoms with Crippen molar-refractivity contribution in [3.8, 4) is 0 Å². The first-order valence-electron chi connectivity index (χ1n) is 7.07. The number of fused-ring (bicyclic) bond motifs is 1. The molecule has 114 valence electrons. The van der Waals surface area contributed by atoms with Crippen molar-refractivity contribution >= 4 is 23.2 Å². The molecule has 5 heteroatoms. The van der Waals surface area contributed by atoms with Crippen LogP contribution >= 0.6 is 0 Å². The topological polar surface area (TPSA) is 63.5 Å². The third-order valence-electron chi connectivity index (χ3n) is 3.76. The molecule has 3 rings (SSSR count). The van der Waals surface area contributed by atoms with Crippen molar-refractivity contribution in [2.24, 2.45) is 0 Å². The number of likely N-dealkylation sites (N-methyl/N-ethyl adjacent to an activating group) is 1. The molecule has 0 atom stereocenters. The van der Waals surface area contributed by atoms with Gasteiger partial charge >= 0.3 is 0 Å². The Morgan fingerprint density at radius 1 is 1.09 bits per heavy atom. The summed E-state index contributed by atoms with van der Waals surface area (Å²) in [4.78, 5) is 24.5. The second-order valence-electron chi connectivity index (χ2n) is 5.19. The van der Waals surface area contributed by atoms with Crippen LogP contribution in [0.25, 0.3) is 6.08 Å². The molecule has 0 unspecified atom stereocenters. The number of ketones is 1. The van der Waals surface area contributed by atoms with Crippen LogP contribution in [0.2, 0.25) is 0 Å². The summed E-state index contributed by atoms with van der Waals surface area (Å²) in [5, 5.41) is 10.7. The molecule has 5 nitrogen and oxygen atoms in total. The van der Waals surface area contributed by atoms with Crippen LogP contribution < -0.4 is 4.90 Å². The Bertz CT molecular complexity index is 836. The second-order valence-corrected chi connectivity index (χ2v) is 5.19. The number of nitro benzene ring substituents is 1. The van der Waals surface area contributed by atoms with Gasteiger partial charge in [-0.05, 0) is 29.8 Å². The van der Waals surface area contributed by atoms with Gasteiger partial charge in [-0.25, -0.2) is 0 Å². The number of hydrogen-bond acceptors (Lipinski definition) is 4. The Hall–Kier alpha value is -3.21. The molecule has 1 heterocycles. The van der Waals surface area contributed by atoms with E-state index in [0.717, 1.165) is 16.9 Å². The van der Waals surface area contributed by atoms with Crippen LogP contribution in [0.4, 0.5) is 11.4 Å². The van der Waals surface area contributed by atoms with Crippen LogP contribution in [0.3, 0.4) is 0 Å². The standard InChI is InChI=1S/C18H14N2O3/c1-19-16(11-6-13-4-2-3-5-17(13)19)12-18(21)14-7-9-15(10-8-14)20(22)23/h2-12H,1H3/b16-12-. The van der Waals surface area contributed by atoms with E-state index in [1.807, 2.05) is 48.4 Å². The normalized spacial score (nSPS) is 14.7. The summed E-state index contributed by atoms with van der Waals surface area (Å²) in [5.41, 5.74) is 3.28. The number of anilines is 1. The van der Waals surface area contributed by atoms with Crippen LogP contribution in [0.1, 0.15) is 15.9 Å². The van der Waals surface area contributed by atoms with Crippen molar-refractivity contribution in [3.05, 3.63) is 87.6 Å². The number of nitrogens with zero attached hydrogens (tertiary/aromatic N) is 2. The third-order valence-corrected chi connectivity index (χ3v) is 3.76. The van der Waals surface area contributed by atoms with Gasteiger partial charge in [-0.3, -0.25) is 14.9 Å². The fourth-order valence-electron chi connectivity index (χ4n) is 2.47. The molecule has 0 saturated heterocycles. The van der Waals surface area contributed by atoms with Gasteiger partial charge in [0.2, 0.25) is 0 Å². The lowest BCUT2D eigenvalue weighted by atomic mass is 10.0. The number of carbonyl (C=O) groups excluding carboxylic acids is 1. The largest absolute Gasteiger partial charge is 0.344 e. The number of nitro groups is 1. The average Bonchev–Trinajstić information content (AvgIpc) is 2.57. The lowest BCUT2D eigenvalue weighted by molar-refractivity contribution is -0.384. The van der Waals surface area contributed by atoms with E-state index in [9.17, 15) is 14.9 Å². The van der Waals surface area contributed by atoms with E-state index >= 15 is 0 Å². The molecule has 0 spiro atoms. The molecule has 0 amide bonds. The van der Waals surface area contributed by atoms with E-state index in [2.05, 4.69) is 0 Å². The van der Waals surface area contributed by atoms with Crippen molar-refractivity contribution < 1.29 is 9.72 Å². The highest BCUT2D eigenvalue weighted by atomic mass is 16.6. The molecule has 0 fully saturated rings. The number of non-ortho nitro benzene ring substituents is 1. The second kappa shape index (κ2) is 5.88. The highest BCUT2D eigenvalue weighted by Gasteiger charge is 2.15. The summed E-state index contributed by atoms with van der Waals surface area (Å²) >= 11 is 0. The lowest BCUT2D eigenvalue weighted by Gasteiger charge is -2.26. The van der Waals surface area contributed by atoms with Crippen molar-refractivity contribution in [3.63, 3.8) is 0 Å². The van der Waals surface area contributed by atoms with Gasteiger partial charge in [0, 0.05) is 42.2 Å². The molecule has 23 heavy (non-hydrogen) atoms. The molecule has 1 aliphatic rings. The minimum Gasteiger partial charge on any atom is -0.344 e. The maximum Gasteiger partial charge on any atom is 0.269 e. The molecular formula is C18H14N2O3. The van der Waals surface area contributed by atoms with Crippen LogP contribution in [-0.2, 0) is 0 Å². The van der Waals surface area contributed by atoms with Gasteiger partial charge in [0.05, 0.1) is 4.92 Å². The zero-order chi connectivity index (χ0) is 16.4. The monoisotopic (exact) mass is 306 g/mol. The Labute approximate surface area is 133 Å². The molecule has 0 bridgehead atoms. The SMILES string of the molecule is CN1/C(=C\C(=O)c2ccc([N+](=O)[O-])cc2)C=Cc2ccccc21. The van der Waals surface area contributed by atoms with E-state index in [0.29, 0.717) is 5.56 Å². The van der Waals surface area contributed by atoms with E-state index < -0.39 is 4.92 Å².